The van der Waals surface area contributed by atoms with Crippen molar-refractivity contribution >= 4 is 27.3 Å². The van der Waals surface area contributed by atoms with Crippen LogP contribution in [-0.2, 0) is 0 Å². The van der Waals surface area contributed by atoms with Gasteiger partial charge in [-0.2, -0.15) is 0 Å². The lowest BCUT2D eigenvalue weighted by Gasteiger charge is -2.10. The zero-order chi connectivity index (χ0) is 12.4. The van der Waals surface area contributed by atoms with E-state index in [0.717, 1.165) is 5.75 Å². The molecule has 1 aromatic heterocycles. The number of thiophene rings is 1. The van der Waals surface area contributed by atoms with E-state index in [4.69, 9.17) is 4.74 Å². The van der Waals surface area contributed by atoms with Gasteiger partial charge in [-0.25, -0.2) is 0 Å². The lowest BCUT2D eigenvalue weighted by molar-refractivity contribution is 0.414. The Kier molecular flexibility index (Phi) is 3.89. The van der Waals surface area contributed by atoms with Crippen LogP contribution in [-0.4, -0.2) is 7.11 Å². The predicted octanol–water partition coefficient (Wildman–Crippen LogP) is 4.86. The molecule has 0 saturated heterocycles. The molecule has 0 amide bonds. The molecular weight excluding hydrogens is 296 g/mol. The third-order valence-corrected chi connectivity index (χ3v) is 4.76. The van der Waals surface area contributed by atoms with Gasteiger partial charge in [0.2, 0.25) is 0 Å². The second-order valence-electron chi connectivity index (χ2n) is 4.00. The Labute approximate surface area is 115 Å². The molecule has 0 aliphatic heterocycles. The van der Waals surface area contributed by atoms with Gasteiger partial charge in [0, 0.05) is 9.75 Å². The summed E-state index contributed by atoms with van der Waals surface area (Å²) in [7, 11) is 1.69. The van der Waals surface area contributed by atoms with Crippen LogP contribution < -0.4 is 4.74 Å². The molecule has 0 spiro atoms. The van der Waals surface area contributed by atoms with Crippen LogP contribution in [0.2, 0.25) is 0 Å². The minimum Gasteiger partial charge on any atom is -0.497 e. The summed E-state index contributed by atoms with van der Waals surface area (Å²) in [6, 6.07) is 10.5. The molecule has 1 nitrogen and oxygen atoms in total. The fraction of sp³-hybridized carbons (Fsp3) is 0.286. The van der Waals surface area contributed by atoms with E-state index in [-0.39, 0.29) is 4.83 Å². The minimum atomic E-state index is 0.262. The molecule has 0 fully saturated rings. The second kappa shape index (κ2) is 5.23. The Morgan fingerprint density at radius 2 is 1.82 bits per heavy atom. The SMILES string of the molecule is COc1ccc(C(Br)c2cc(C)sc2C)cc1. The fourth-order valence-corrected chi connectivity index (χ4v) is 3.75. The van der Waals surface area contributed by atoms with Gasteiger partial charge in [0.15, 0.2) is 0 Å². The maximum Gasteiger partial charge on any atom is 0.118 e. The molecule has 0 aliphatic rings. The molecule has 0 radical (unpaired) electrons. The third kappa shape index (κ3) is 2.72. The van der Waals surface area contributed by atoms with Gasteiger partial charge in [0.05, 0.1) is 11.9 Å². The number of ether oxygens (including phenoxy) is 1. The van der Waals surface area contributed by atoms with E-state index in [1.807, 2.05) is 23.5 Å². The van der Waals surface area contributed by atoms with E-state index in [0.29, 0.717) is 0 Å². The van der Waals surface area contributed by atoms with Crippen LogP contribution in [0.5, 0.6) is 5.75 Å². The molecule has 2 rings (SSSR count). The van der Waals surface area contributed by atoms with Crippen molar-refractivity contribution in [2.45, 2.75) is 18.7 Å². The van der Waals surface area contributed by atoms with E-state index < -0.39 is 0 Å². The molecule has 1 atom stereocenters. The van der Waals surface area contributed by atoms with E-state index in [1.54, 1.807) is 7.11 Å². The van der Waals surface area contributed by atoms with Gasteiger partial charge in [-0.3, -0.25) is 0 Å². The van der Waals surface area contributed by atoms with Crippen LogP contribution >= 0.6 is 27.3 Å². The molecule has 2 aromatic rings. The molecule has 1 heterocycles. The average Bonchev–Trinajstić information content (AvgIpc) is 2.68. The Morgan fingerprint density at radius 1 is 1.18 bits per heavy atom. The van der Waals surface area contributed by atoms with E-state index in [2.05, 4.69) is 48.0 Å². The van der Waals surface area contributed by atoms with Crippen molar-refractivity contribution in [1.29, 1.82) is 0 Å². The number of halogens is 1. The van der Waals surface area contributed by atoms with Crippen LogP contribution in [0, 0.1) is 13.8 Å². The van der Waals surface area contributed by atoms with Gasteiger partial charge in [0.25, 0.3) is 0 Å². The molecule has 3 heteroatoms. The first kappa shape index (κ1) is 12.7. The van der Waals surface area contributed by atoms with Crippen LogP contribution in [0.25, 0.3) is 0 Å². The van der Waals surface area contributed by atoms with E-state index >= 15 is 0 Å². The molecular formula is C14H15BrOS. The summed E-state index contributed by atoms with van der Waals surface area (Å²) in [6.45, 7) is 4.32. The van der Waals surface area contributed by atoms with Crippen LogP contribution in [0.3, 0.4) is 0 Å². The highest BCUT2D eigenvalue weighted by Gasteiger charge is 2.14. The molecule has 0 saturated carbocycles. The van der Waals surface area contributed by atoms with Gasteiger partial charge in [-0.1, -0.05) is 28.1 Å². The van der Waals surface area contributed by atoms with E-state index in [1.165, 1.54) is 20.9 Å². The third-order valence-electron chi connectivity index (χ3n) is 2.76. The number of rotatable bonds is 3. The van der Waals surface area contributed by atoms with Crippen LogP contribution in [0.1, 0.15) is 25.7 Å². The maximum absolute atomic E-state index is 5.17. The highest BCUT2D eigenvalue weighted by molar-refractivity contribution is 9.09. The first-order valence-electron chi connectivity index (χ1n) is 5.46. The van der Waals surface area contributed by atoms with Crippen molar-refractivity contribution in [3.63, 3.8) is 0 Å². The number of methoxy groups -OCH3 is 1. The summed E-state index contributed by atoms with van der Waals surface area (Å²) in [4.78, 5) is 2.99. The first-order chi connectivity index (χ1) is 8.11. The Balaban J connectivity index is 2.30. The Morgan fingerprint density at radius 3 is 2.29 bits per heavy atom. The highest BCUT2D eigenvalue weighted by atomic mass is 79.9. The predicted molar refractivity (Wildman–Crippen MR) is 77.6 cm³/mol. The summed E-state index contributed by atoms with van der Waals surface area (Å²) in [5.74, 6) is 0.895. The Bertz CT molecular complexity index is 501. The molecule has 1 unspecified atom stereocenters. The summed E-state index contributed by atoms with van der Waals surface area (Å²) >= 11 is 5.62. The highest BCUT2D eigenvalue weighted by Crippen LogP contribution is 2.36. The van der Waals surface area contributed by atoms with Gasteiger partial charge in [-0.05, 0) is 43.2 Å². The normalized spacial score (nSPS) is 12.5. The summed E-state index contributed by atoms with van der Waals surface area (Å²) in [5, 5.41) is 0. The molecule has 17 heavy (non-hydrogen) atoms. The fourth-order valence-electron chi connectivity index (χ4n) is 1.85. The number of aryl methyl sites for hydroxylation is 2. The number of alkyl halides is 1. The number of hydrogen-bond acceptors (Lipinski definition) is 2. The van der Waals surface area contributed by atoms with Crippen molar-refractivity contribution < 1.29 is 4.74 Å². The quantitative estimate of drug-likeness (QED) is 0.736. The smallest absolute Gasteiger partial charge is 0.118 e. The first-order valence-corrected chi connectivity index (χ1v) is 7.20. The zero-order valence-corrected chi connectivity index (χ0v) is 12.6. The lowest BCUT2D eigenvalue weighted by Crippen LogP contribution is -1.93. The van der Waals surface area contributed by atoms with Crippen LogP contribution in [0.15, 0.2) is 30.3 Å². The largest absolute Gasteiger partial charge is 0.497 e. The van der Waals surface area contributed by atoms with Crippen LogP contribution in [0.4, 0.5) is 0 Å². The van der Waals surface area contributed by atoms with Crippen molar-refractivity contribution in [3.05, 3.63) is 51.2 Å². The van der Waals surface area contributed by atoms with Gasteiger partial charge < -0.3 is 4.74 Å². The van der Waals surface area contributed by atoms with Gasteiger partial charge in [-0.15, -0.1) is 11.3 Å². The molecule has 90 valence electrons. The average molecular weight is 311 g/mol. The monoisotopic (exact) mass is 310 g/mol. The van der Waals surface area contributed by atoms with Gasteiger partial charge in [0.1, 0.15) is 5.75 Å². The molecule has 0 bridgehead atoms. The topological polar surface area (TPSA) is 9.23 Å². The number of hydrogen-bond donors (Lipinski definition) is 0. The lowest BCUT2D eigenvalue weighted by atomic mass is 10.1. The van der Waals surface area contributed by atoms with E-state index in [9.17, 15) is 0 Å². The summed E-state index contributed by atoms with van der Waals surface area (Å²) in [6.07, 6.45) is 0. The second-order valence-corrected chi connectivity index (χ2v) is 6.38. The van der Waals surface area contributed by atoms with Crippen molar-refractivity contribution in [2.24, 2.45) is 0 Å². The van der Waals surface area contributed by atoms with Gasteiger partial charge >= 0.3 is 0 Å². The molecule has 1 aromatic carbocycles. The standard InChI is InChI=1S/C14H15BrOS/c1-9-8-13(10(2)17-9)14(15)11-4-6-12(16-3)7-5-11/h4-8,14H,1-3H3. The minimum absolute atomic E-state index is 0.262. The van der Waals surface area contributed by atoms with Crippen molar-refractivity contribution in [2.75, 3.05) is 7.11 Å². The van der Waals surface area contributed by atoms with Crippen molar-refractivity contribution in [1.82, 2.24) is 0 Å². The zero-order valence-electron chi connectivity index (χ0n) is 10.2. The summed E-state index contributed by atoms with van der Waals surface area (Å²) < 4.78 is 5.17. The molecule has 0 aliphatic carbocycles. The maximum atomic E-state index is 5.17. The van der Waals surface area contributed by atoms with Crippen molar-refractivity contribution in [3.8, 4) is 5.75 Å². The number of benzene rings is 1. The summed E-state index contributed by atoms with van der Waals surface area (Å²) in [5.41, 5.74) is 2.62. The Hall–Kier alpha value is -0.800. The molecule has 0 N–H and O–H groups in total.